The van der Waals surface area contributed by atoms with Crippen LogP contribution >= 0.6 is 15.9 Å². The first-order valence-electron chi connectivity index (χ1n) is 6.17. The number of aromatic nitrogens is 1. The predicted octanol–water partition coefficient (Wildman–Crippen LogP) is 3.86. The van der Waals surface area contributed by atoms with Crippen LogP contribution in [0.4, 0.5) is 0 Å². The first-order chi connectivity index (χ1) is 9.24. The SMILES string of the molecule is O=c1[nH]c2ccc(Br)cc2c2c1-c1ccccc1C2. The Morgan fingerprint density at radius 2 is 1.95 bits per heavy atom. The maximum Gasteiger partial charge on any atom is 0.256 e. The normalized spacial score (nSPS) is 12.5. The third kappa shape index (κ3) is 1.51. The number of H-pyrrole nitrogens is 1. The second-order valence-electron chi connectivity index (χ2n) is 4.83. The van der Waals surface area contributed by atoms with Crippen molar-refractivity contribution in [1.82, 2.24) is 4.98 Å². The molecule has 0 saturated carbocycles. The van der Waals surface area contributed by atoms with Gasteiger partial charge in [-0.15, -0.1) is 0 Å². The van der Waals surface area contributed by atoms with Gasteiger partial charge in [0.2, 0.25) is 0 Å². The largest absolute Gasteiger partial charge is 0.321 e. The molecule has 0 fully saturated rings. The van der Waals surface area contributed by atoms with E-state index in [4.69, 9.17) is 0 Å². The van der Waals surface area contributed by atoms with Crippen LogP contribution in [0.2, 0.25) is 0 Å². The second-order valence-corrected chi connectivity index (χ2v) is 5.75. The average Bonchev–Trinajstić information content (AvgIpc) is 2.80. The van der Waals surface area contributed by atoms with Crippen LogP contribution in [0, 0.1) is 0 Å². The topological polar surface area (TPSA) is 32.9 Å². The zero-order valence-electron chi connectivity index (χ0n) is 10.0. The summed E-state index contributed by atoms with van der Waals surface area (Å²) in [6.45, 7) is 0. The van der Waals surface area contributed by atoms with Crippen LogP contribution in [0.3, 0.4) is 0 Å². The smallest absolute Gasteiger partial charge is 0.256 e. The van der Waals surface area contributed by atoms with E-state index in [1.807, 2.05) is 30.3 Å². The van der Waals surface area contributed by atoms with Gasteiger partial charge in [0, 0.05) is 15.4 Å². The van der Waals surface area contributed by atoms with Crippen LogP contribution in [0.15, 0.2) is 51.7 Å². The molecule has 1 heterocycles. The summed E-state index contributed by atoms with van der Waals surface area (Å²) in [4.78, 5) is 15.3. The number of rotatable bonds is 0. The van der Waals surface area contributed by atoms with E-state index in [0.29, 0.717) is 0 Å². The van der Waals surface area contributed by atoms with Crippen molar-refractivity contribution in [2.75, 3.05) is 0 Å². The van der Waals surface area contributed by atoms with Gasteiger partial charge < -0.3 is 4.98 Å². The summed E-state index contributed by atoms with van der Waals surface area (Å²) in [7, 11) is 0. The Morgan fingerprint density at radius 1 is 1.11 bits per heavy atom. The molecule has 0 bridgehead atoms. The Kier molecular flexibility index (Phi) is 2.21. The predicted molar refractivity (Wildman–Crippen MR) is 80.5 cm³/mol. The van der Waals surface area contributed by atoms with Gasteiger partial charge in [-0.1, -0.05) is 40.2 Å². The van der Waals surface area contributed by atoms with Crippen LogP contribution in [0.1, 0.15) is 11.1 Å². The Bertz CT molecular complexity index is 880. The maximum absolute atomic E-state index is 12.3. The zero-order chi connectivity index (χ0) is 13.0. The number of hydrogen-bond donors (Lipinski definition) is 1. The number of fused-ring (bicyclic) bond motifs is 5. The molecule has 3 aromatic rings. The van der Waals surface area contributed by atoms with E-state index in [1.54, 1.807) is 0 Å². The highest BCUT2D eigenvalue weighted by molar-refractivity contribution is 9.10. The van der Waals surface area contributed by atoms with Gasteiger partial charge in [-0.05, 0) is 41.3 Å². The third-order valence-corrected chi connectivity index (χ3v) is 4.23. The molecule has 1 aliphatic carbocycles. The summed E-state index contributed by atoms with van der Waals surface area (Å²) in [6.07, 6.45) is 0.836. The molecule has 92 valence electrons. The molecule has 0 unspecified atom stereocenters. The molecule has 0 amide bonds. The lowest BCUT2D eigenvalue weighted by atomic mass is 10.0. The van der Waals surface area contributed by atoms with Gasteiger partial charge in [0.1, 0.15) is 0 Å². The lowest BCUT2D eigenvalue weighted by molar-refractivity contribution is 1.25. The lowest BCUT2D eigenvalue weighted by Gasteiger charge is -2.05. The van der Waals surface area contributed by atoms with E-state index >= 15 is 0 Å². The minimum atomic E-state index is 0.00905. The van der Waals surface area contributed by atoms with Gasteiger partial charge >= 0.3 is 0 Å². The highest BCUT2D eigenvalue weighted by atomic mass is 79.9. The van der Waals surface area contributed by atoms with Crippen molar-refractivity contribution in [3.63, 3.8) is 0 Å². The Balaban J connectivity index is 2.18. The molecular weight excluding hydrogens is 302 g/mol. The van der Waals surface area contributed by atoms with Crippen LogP contribution in [-0.4, -0.2) is 4.98 Å². The van der Waals surface area contributed by atoms with Gasteiger partial charge in [-0.2, -0.15) is 0 Å². The Morgan fingerprint density at radius 3 is 2.84 bits per heavy atom. The van der Waals surface area contributed by atoms with E-state index in [-0.39, 0.29) is 5.56 Å². The fourth-order valence-electron chi connectivity index (χ4n) is 2.91. The van der Waals surface area contributed by atoms with Crippen LogP contribution in [-0.2, 0) is 6.42 Å². The molecule has 3 heteroatoms. The highest BCUT2D eigenvalue weighted by Crippen LogP contribution is 2.37. The summed E-state index contributed by atoms with van der Waals surface area (Å²) in [5, 5.41) is 1.13. The van der Waals surface area contributed by atoms with Crippen molar-refractivity contribution in [1.29, 1.82) is 0 Å². The van der Waals surface area contributed by atoms with Gasteiger partial charge in [-0.3, -0.25) is 4.79 Å². The molecule has 0 aliphatic heterocycles. The summed E-state index contributed by atoms with van der Waals surface area (Å²) >= 11 is 3.50. The molecule has 2 nitrogen and oxygen atoms in total. The van der Waals surface area contributed by atoms with E-state index < -0.39 is 0 Å². The number of aromatic amines is 1. The third-order valence-electron chi connectivity index (χ3n) is 3.74. The van der Waals surface area contributed by atoms with E-state index in [9.17, 15) is 4.79 Å². The Hall–Kier alpha value is -1.87. The monoisotopic (exact) mass is 311 g/mol. The molecule has 1 aliphatic rings. The summed E-state index contributed by atoms with van der Waals surface area (Å²) in [5.74, 6) is 0. The fraction of sp³-hybridized carbons (Fsp3) is 0.0625. The van der Waals surface area contributed by atoms with Crippen molar-refractivity contribution in [3.8, 4) is 11.1 Å². The number of nitrogens with one attached hydrogen (secondary N) is 1. The van der Waals surface area contributed by atoms with Crippen molar-refractivity contribution in [3.05, 3.63) is 68.4 Å². The minimum absolute atomic E-state index is 0.00905. The van der Waals surface area contributed by atoms with E-state index in [0.717, 1.165) is 38.5 Å². The molecule has 1 aromatic heterocycles. The molecule has 0 spiro atoms. The minimum Gasteiger partial charge on any atom is -0.321 e. The molecule has 19 heavy (non-hydrogen) atoms. The molecule has 0 atom stereocenters. The van der Waals surface area contributed by atoms with Gasteiger partial charge in [0.25, 0.3) is 5.56 Å². The molecule has 1 N–H and O–H groups in total. The lowest BCUT2D eigenvalue weighted by Crippen LogP contribution is -2.09. The molecular formula is C16H10BrNO. The first kappa shape index (κ1) is 11.0. The van der Waals surface area contributed by atoms with Crippen LogP contribution in [0.25, 0.3) is 22.0 Å². The van der Waals surface area contributed by atoms with Gasteiger partial charge in [-0.25, -0.2) is 0 Å². The second kappa shape index (κ2) is 3.81. The molecule has 0 saturated heterocycles. The van der Waals surface area contributed by atoms with Gasteiger partial charge in [0.15, 0.2) is 0 Å². The van der Waals surface area contributed by atoms with Crippen molar-refractivity contribution >= 4 is 26.8 Å². The summed E-state index contributed by atoms with van der Waals surface area (Å²) < 4.78 is 1.03. The van der Waals surface area contributed by atoms with Crippen molar-refractivity contribution < 1.29 is 0 Å². The molecule has 4 rings (SSSR count). The van der Waals surface area contributed by atoms with Crippen LogP contribution in [0.5, 0.6) is 0 Å². The van der Waals surface area contributed by atoms with Crippen LogP contribution < -0.4 is 5.56 Å². The summed E-state index contributed by atoms with van der Waals surface area (Å²) in [5.41, 5.74) is 5.19. The molecule has 2 aromatic carbocycles. The zero-order valence-corrected chi connectivity index (χ0v) is 11.6. The van der Waals surface area contributed by atoms with E-state index in [1.165, 1.54) is 5.56 Å². The van der Waals surface area contributed by atoms with E-state index in [2.05, 4.69) is 33.0 Å². The van der Waals surface area contributed by atoms with Crippen molar-refractivity contribution in [2.45, 2.75) is 6.42 Å². The Labute approximate surface area is 118 Å². The number of halogens is 1. The quantitative estimate of drug-likeness (QED) is 0.525. The summed E-state index contributed by atoms with van der Waals surface area (Å²) in [6, 6.07) is 14.1. The number of pyridine rings is 1. The maximum atomic E-state index is 12.3. The highest BCUT2D eigenvalue weighted by Gasteiger charge is 2.23. The molecule has 0 radical (unpaired) electrons. The standard InChI is InChI=1S/C16H10BrNO/c17-10-5-6-14-12(8-10)13-7-9-3-1-2-4-11(9)15(13)16(19)18-14/h1-6,8H,7H2,(H,18,19). The van der Waals surface area contributed by atoms with Crippen molar-refractivity contribution in [2.24, 2.45) is 0 Å². The number of hydrogen-bond acceptors (Lipinski definition) is 1. The number of benzene rings is 2. The van der Waals surface area contributed by atoms with Gasteiger partial charge in [0.05, 0.1) is 5.56 Å². The average molecular weight is 312 g/mol. The first-order valence-corrected chi connectivity index (χ1v) is 6.96. The fourth-order valence-corrected chi connectivity index (χ4v) is 3.27.